The summed E-state index contributed by atoms with van der Waals surface area (Å²) in [6.07, 6.45) is 1.61. The molecule has 1 aromatic rings. The van der Waals surface area contributed by atoms with E-state index in [1.165, 1.54) is 26.2 Å². The first-order valence-corrected chi connectivity index (χ1v) is 8.20. The van der Waals surface area contributed by atoms with Gasteiger partial charge >= 0.3 is 0 Å². The van der Waals surface area contributed by atoms with Crippen molar-refractivity contribution >= 4 is 11.7 Å². The largest absolute Gasteiger partial charge is 0.383 e. The molecule has 4 rings (SSSR count). The minimum absolute atomic E-state index is 0.121. The molecule has 0 aromatic carbocycles. The quantitative estimate of drug-likeness (QED) is 0.682. The van der Waals surface area contributed by atoms with E-state index in [1.54, 1.807) is 19.4 Å². The van der Waals surface area contributed by atoms with Gasteiger partial charge in [0.15, 0.2) is 0 Å². The first-order chi connectivity index (χ1) is 11.3. The highest BCUT2D eigenvalue weighted by Crippen LogP contribution is 2.16. The third-order valence-corrected chi connectivity index (χ3v) is 4.53. The Morgan fingerprint density at radius 3 is 2.78 bits per heavy atom. The standard InChI is InChI=1S/C16H25N5O2/c1-23-9-4-17-16(22)13-2-3-15(18-10-13)19-11-14-12-20-5-7-21(14)8-6-20/h2-3,10,14H,4-9,11-12H2,1H3,(H,17,22)(H,18,19). The third kappa shape index (κ3) is 4.19. The van der Waals surface area contributed by atoms with Gasteiger partial charge in [-0.2, -0.15) is 0 Å². The van der Waals surface area contributed by atoms with Gasteiger partial charge in [-0.3, -0.25) is 14.6 Å². The number of methoxy groups -OCH3 is 1. The van der Waals surface area contributed by atoms with E-state index in [0.717, 1.165) is 18.9 Å². The molecule has 0 aliphatic carbocycles. The summed E-state index contributed by atoms with van der Waals surface area (Å²) < 4.78 is 4.91. The second kappa shape index (κ2) is 7.72. The molecule has 3 aliphatic rings. The lowest BCUT2D eigenvalue weighted by Crippen LogP contribution is -2.62. The van der Waals surface area contributed by atoms with E-state index in [-0.39, 0.29) is 5.91 Å². The molecule has 7 nitrogen and oxygen atoms in total. The van der Waals surface area contributed by atoms with Crippen molar-refractivity contribution in [2.75, 3.05) is 64.8 Å². The molecule has 3 fully saturated rings. The number of piperazine rings is 3. The van der Waals surface area contributed by atoms with Gasteiger partial charge in [-0.1, -0.05) is 0 Å². The van der Waals surface area contributed by atoms with Gasteiger partial charge in [0.2, 0.25) is 0 Å². The zero-order valence-corrected chi connectivity index (χ0v) is 13.6. The normalized spacial score (nSPS) is 26.0. The number of hydrogen-bond acceptors (Lipinski definition) is 6. The highest BCUT2D eigenvalue weighted by atomic mass is 16.5. The summed E-state index contributed by atoms with van der Waals surface area (Å²) in [5.41, 5.74) is 0.568. The van der Waals surface area contributed by atoms with Gasteiger partial charge in [-0.05, 0) is 12.1 Å². The Hall–Kier alpha value is -1.70. The van der Waals surface area contributed by atoms with Crippen LogP contribution in [0.2, 0.25) is 0 Å². The van der Waals surface area contributed by atoms with E-state index in [4.69, 9.17) is 4.74 Å². The smallest absolute Gasteiger partial charge is 0.252 e. The van der Waals surface area contributed by atoms with Crippen molar-refractivity contribution in [2.45, 2.75) is 6.04 Å². The Morgan fingerprint density at radius 2 is 2.17 bits per heavy atom. The zero-order valence-electron chi connectivity index (χ0n) is 13.6. The van der Waals surface area contributed by atoms with Crippen LogP contribution in [0.5, 0.6) is 0 Å². The Bertz CT molecular complexity index is 514. The maximum absolute atomic E-state index is 11.9. The number of pyridine rings is 1. The molecule has 2 N–H and O–H groups in total. The molecule has 7 heteroatoms. The minimum Gasteiger partial charge on any atom is -0.383 e. The number of carbonyl (C=O) groups is 1. The Labute approximate surface area is 137 Å². The topological polar surface area (TPSA) is 69.7 Å². The van der Waals surface area contributed by atoms with Crippen molar-refractivity contribution in [3.8, 4) is 0 Å². The maximum Gasteiger partial charge on any atom is 0.252 e. The number of fused-ring (bicyclic) bond motifs is 3. The van der Waals surface area contributed by atoms with E-state index in [1.807, 2.05) is 6.07 Å². The Kier molecular flexibility index (Phi) is 5.43. The van der Waals surface area contributed by atoms with Crippen LogP contribution in [0.3, 0.4) is 0 Å². The average Bonchev–Trinajstić information content (AvgIpc) is 2.61. The zero-order chi connectivity index (χ0) is 16.1. The van der Waals surface area contributed by atoms with E-state index in [9.17, 15) is 4.79 Å². The maximum atomic E-state index is 11.9. The molecule has 1 amide bonds. The number of carbonyl (C=O) groups excluding carboxylic acids is 1. The lowest BCUT2D eigenvalue weighted by Gasteiger charge is -2.47. The van der Waals surface area contributed by atoms with Crippen LogP contribution in [0.4, 0.5) is 5.82 Å². The molecule has 3 aliphatic heterocycles. The van der Waals surface area contributed by atoms with Crippen LogP contribution in [0.1, 0.15) is 10.4 Å². The van der Waals surface area contributed by atoms with Crippen molar-refractivity contribution < 1.29 is 9.53 Å². The van der Waals surface area contributed by atoms with Gasteiger partial charge in [0.1, 0.15) is 5.82 Å². The second-order valence-corrected chi connectivity index (χ2v) is 6.05. The molecule has 3 saturated heterocycles. The second-order valence-electron chi connectivity index (χ2n) is 6.05. The lowest BCUT2D eigenvalue weighted by molar-refractivity contribution is 0.0189. The molecule has 2 bridgehead atoms. The van der Waals surface area contributed by atoms with E-state index < -0.39 is 0 Å². The van der Waals surface area contributed by atoms with Gasteiger partial charge in [0, 0.05) is 65.2 Å². The van der Waals surface area contributed by atoms with Gasteiger partial charge in [-0.25, -0.2) is 4.98 Å². The summed E-state index contributed by atoms with van der Waals surface area (Å²) in [7, 11) is 1.61. The highest BCUT2D eigenvalue weighted by Gasteiger charge is 2.31. The molecule has 1 atom stereocenters. The molecule has 1 unspecified atom stereocenters. The van der Waals surface area contributed by atoms with Crippen LogP contribution >= 0.6 is 0 Å². The molecule has 0 saturated carbocycles. The predicted molar refractivity (Wildman–Crippen MR) is 88.7 cm³/mol. The van der Waals surface area contributed by atoms with Crippen molar-refractivity contribution in [1.82, 2.24) is 20.1 Å². The fourth-order valence-corrected chi connectivity index (χ4v) is 3.14. The summed E-state index contributed by atoms with van der Waals surface area (Å²) in [6, 6.07) is 4.22. The molecule has 0 radical (unpaired) electrons. The molecular weight excluding hydrogens is 294 g/mol. The number of hydrogen-bond donors (Lipinski definition) is 2. The molecule has 0 spiro atoms. The Balaban J connectivity index is 1.47. The number of anilines is 1. The fraction of sp³-hybridized carbons (Fsp3) is 0.625. The summed E-state index contributed by atoms with van der Waals surface area (Å²) in [5.74, 6) is 0.695. The minimum atomic E-state index is -0.121. The Morgan fingerprint density at radius 1 is 1.35 bits per heavy atom. The number of amides is 1. The van der Waals surface area contributed by atoms with E-state index in [0.29, 0.717) is 24.8 Å². The SMILES string of the molecule is COCCNC(=O)c1ccc(NCC2CN3CCN2CC3)nc1. The van der Waals surface area contributed by atoms with Crippen molar-refractivity contribution in [3.05, 3.63) is 23.9 Å². The highest BCUT2D eigenvalue weighted by molar-refractivity contribution is 5.94. The van der Waals surface area contributed by atoms with Crippen LogP contribution in [-0.4, -0.2) is 86.3 Å². The molecule has 23 heavy (non-hydrogen) atoms. The fourth-order valence-electron chi connectivity index (χ4n) is 3.14. The first kappa shape index (κ1) is 16.2. The lowest BCUT2D eigenvalue weighted by atomic mass is 10.1. The molecule has 4 heterocycles. The van der Waals surface area contributed by atoms with Crippen molar-refractivity contribution in [1.29, 1.82) is 0 Å². The van der Waals surface area contributed by atoms with Gasteiger partial charge in [0.25, 0.3) is 5.91 Å². The third-order valence-electron chi connectivity index (χ3n) is 4.53. The molecule has 1 aromatic heterocycles. The summed E-state index contributed by atoms with van der Waals surface area (Å²) in [5, 5.41) is 6.17. The van der Waals surface area contributed by atoms with E-state index in [2.05, 4.69) is 25.4 Å². The van der Waals surface area contributed by atoms with Crippen LogP contribution in [0.25, 0.3) is 0 Å². The van der Waals surface area contributed by atoms with Gasteiger partial charge < -0.3 is 15.4 Å². The monoisotopic (exact) mass is 319 g/mol. The van der Waals surface area contributed by atoms with Crippen LogP contribution in [0.15, 0.2) is 18.3 Å². The average molecular weight is 319 g/mol. The van der Waals surface area contributed by atoms with Gasteiger partial charge in [-0.15, -0.1) is 0 Å². The van der Waals surface area contributed by atoms with Crippen LogP contribution < -0.4 is 10.6 Å². The summed E-state index contributed by atoms with van der Waals surface area (Å²) >= 11 is 0. The van der Waals surface area contributed by atoms with Crippen molar-refractivity contribution in [3.63, 3.8) is 0 Å². The predicted octanol–water partition coefficient (Wildman–Crippen LogP) is -0.130. The number of ether oxygens (including phenoxy) is 1. The van der Waals surface area contributed by atoms with Crippen LogP contribution in [-0.2, 0) is 4.74 Å². The summed E-state index contributed by atoms with van der Waals surface area (Å²) in [4.78, 5) is 21.3. The van der Waals surface area contributed by atoms with Crippen LogP contribution in [0, 0.1) is 0 Å². The molecule has 126 valence electrons. The number of rotatable bonds is 7. The van der Waals surface area contributed by atoms with E-state index >= 15 is 0 Å². The number of aromatic nitrogens is 1. The molecular formula is C16H25N5O2. The first-order valence-electron chi connectivity index (χ1n) is 8.20. The number of nitrogens with one attached hydrogen (secondary N) is 2. The number of nitrogens with zero attached hydrogens (tertiary/aromatic N) is 3. The van der Waals surface area contributed by atoms with Gasteiger partial charge in [0.05, 0.1) is 12.2 Å². The van der Waals surface area contributed by atoms with Crippen molar-refractivity contribution in [2.24, 2.45) is 0 Å². The summed E-state index contributed by atoms with van der Waals surface area (Å²) in [6.45, 7) is 7.76.